The number of hydrogen-bond donors (Lipinski definition) is 0. The van der Waals surface area contributed by atoms with Crippen LogP contribution in [0.15, 0.2) is 35.8 Å². The Labute approximate surface area is 91.4 Å². The Balaban J connectivity index is 2.39. The maximum absolute atomic E-state index is 11.3. The molecule has 0 aliphatic rings. The number of pyridine rings is 1. The molecule has 0 saturated carbocycles. The van der Waals surface area contributed by atoms with E-state index in [4.69, 9.17) is 0 Å². The highest BCUT2D eigenvalue weighted by atomic mass is 32.1. The van der Waals surface area contributed by atoms with Crippen molar-refractivity contribution in [3.63, 3.8) is 0 Å². The van der Waals surface area contributed by atoms with E-state index in [1.165, 1.54) is 7.11 Å². The summed E-state index contributed by atoms with van der Waals surface area (Å²) in [5.41, 5.74) is 1.32. The van der Waals surface area contributed by atoms with Crippen LogP contribution in [0.5, 0.6) is 0 Å². The summed E-state index contributed by atoms with van der Waals surface area (Å²) in [6.07, 6.45) is 1.61. The molecule has 0 bridgehead atoms. The van der Waals surface area contributed by atoms with Crippen LogP contribution in [0.3, 0.4) is 0 Å². The zero-order valence-corrected chi connectivity index (χ0v) is 8.95. The lowest BCUT2D eigenvalue weighted by atomic mass is 10.2. The van der Waals surface area contributed by atoms with E-state index in [0.717, 1.165) is 10.6 Å². The first kappa shape index (κ1) is 9.86. The maximum Gasteiger partial charge on any atom is 0.337 e. The van der Waals surface area contributed by atoms with Gasteiger partial charge in [-0.3, -0.25) is 4.98 Å². The highest BCUT2D eigenvalue weighted by Gasteiger charge is 2.07. The van der Waals surface area contributed by atoms with E-state index in [0.29, 0.717) is 5.56 Å². The summed E-state index contributed by atoms with van der Waals surface area (Å²) in [7, 11) is 1.37. The fourth-order valence-corrected chi connectivity index (χ4v) is 1.93. The van der Waals surface area contributed by atoms with Crippen molar-refractivity contribution in [3.8, 4) is 10.6 Å². The highest BCUT2D eigenvalue weighted by Crippen LogP contribution is 2.23. The molecule has 76 valence electrons. The Morgan fingerprint density at radius 2 is 2.33 bits per heavy atom. The van der Waals surface area contributed by atoms with Crippen LogP contribution < -0.4 is 0 Å². The standard InChI is InChI=1S/C11H9NO2S/c1-14-11(13)8-4-5-12-9(7-8)10-3-2-6-15-10/h2-7H,1H3. The molecule has 0 N–H and O–H groups in total. The molecule has 0 aliphatic heterocycles. The lowest BCUT2D eigenvalue weighted by Gasteiger charge is -2.00. The second-order valence-electron chi connectivity index (χ2n) is 2.90. The number of aromatic nitrogens is 1. The van der Waals surface area contributed by atoms with Crippen molar-refractivity contribution in [2.24, 2.45) is 0 Å². The first-order valence-corrected chi connectivity index (χ1v) is 5.27. The van der Waals surface area contributed by atoms with Gasteiger partial charge in [0.1, 0.15) is 0 Å². The summed E-state index contributed by atoms with van der Waals surface area (Å²) < 4.78 is 4.65. The van der Waals surface area contributed by atoms with Gasteiger partial charge in [0.05, 0.1) is 23.2 Å². The van der Waals surface area contributed by atoms with E-state index in [1.807, 2.05) is 17.5 Å². The van der Waals surface area contributed by atoms with Crippen molar-refractivity contribution < 1.29 is 9.53 Å². The Morgan fingerprint density at radius 1 is 1.47 bits per heavy atom. The summed E-state index contributed by atoms with van der Waals surface area (Å²) in [6.45, 7) is 0. The summed E-state index contributed by atoms with van der Waals surface area (Å²) >= 11 is 1.59. The predicted octanol–water partition coefficient (Wildman–Crippen LogP) is 2.60. The minimum atomic E-state index is -0.338. The van der Waals surface area contributed by atoms with Crippen molar-refractivity contribution in [3.05, 3.63) is 41.4 Å². The number of ether oxygens (including phenoxy) is 1. The fraction of sp³-hybridized carbons (Fsp3) is 0.0909. The normalized spacial score (nSPS) is 9.93. The number of hydrogen-bond acceptors (Lipinski definition) is 4. The second-order valence-corrected chi connectivity index (χ2v) is 3.85. The summed E-state index contributed by atoms with van der Waals surface area (Å²) in [4.78, 5) is 16.5. The number of carbonyl (C=O) groups excluding carboxylic acids is 1. The SMILES string of the molecule is COC(=O)c1ccnc(-c2cccs2)c1. The molecule has 0 atom stereocenters. The lowest BCUT2D eigenvalue weighted by molar-refractivity contribution is 0.0600. The van der Waals surface area contributed by atoms with Gasteiger partial charge in [-0.05, 0) is 23.6 Å². The summed E-state index contributed by atoms with van der Waals surface area (Å²) in [5, 5.41) is 1.97. The monoisotopic (exact) mass is 219 g/mol. The number of nitrogens with zero attached hydrogens (tertiary/aromatic N) is 1. The van der Waals surface area contributed by atoms with Crippen LogP contribution in [-0.4, -0.2) is 18.1 Å². The smallest absolute Gasteiger partial charge is 0.337 e. The van der Waals surface area contributed by atoms with E-state index in [1.54, 1.807) is 29.7 Å². The molecule has 0 radical (unpaired) electrons. The second kappa shape index (κ2) is 4.23. The molecule has 0 aliphatic carbocycles. The zero-order valence-electron chi connectivity index (χ0n) is 8.14. The van der Waals surface area contributed by atoms with E-state index < -0.39 is 0 Å². The molecule has 0 saturated heterocycles. The largest absolute Gasteiger partial charge is 0.465 e. The molecule has 2 aromatic heterocycles. The molecule has 4 heteroatoms. The number of rotatable bonds is 2. The van der Waals surface area contributed by atoms with Crippen molar-refractivity contribution in [2.45, 2.75) is 0 Å². The van der Waals surface area contributed by atoms with Crippen LogP contribution in [0.4, 0.5) is 0 Å². The van der Waals surface area contributed by atoms with Gasteiger partial charge in [0.25, 0.3) is 0 Å². The summed E-state index contributed by atoms with van der Waals surface area (Å²) in [6, 6.07) is 7.29. The minimum absolute atomic E-state index is 0.338. The van der Waals surface area contributed by atoms with Gasteiger partial charge in [0.2, 0.25) is 0 Å². The molecule has 0 aromatic carbocycles. The van der Waals surface area contributed by atoms with Crippen LogP contribution in [0.1, 0.15) is 10.4 Å². The Morgan fingerprint density at radius 3 is 3.00 bits per heavy atom. The van der Waals surface area contributed by atoms with Gasteiger partial charge in [0.15, 0.2) is 0 Å². The Bertz CT molecular complexity index is 465. The van der Waals surface area contributed by atoms with Gasteiger partial charge in [-0.1, -0.05) is 6.07 Å². The molecule has 0 unspecified atom stereocenters. The van der Waals surface area contributed by atoms with Crippen LogP contribution in [0.2, 0.25) is 0 Å². The van der Waals surface area contributed by atoms with Crippen LogP contribution >= 0.6 is 11.3 Å². The van der Waals surface area contributed by atoms with E-state index >= 15 is 0 Å². The van der Waals surface area contributed by atoms with Gasteiger partial charge in [0, 0.05) is 6.20 Å². The maximum atomic E-state index is 11.3. The molecule has 0 fully saturated rings. The lowest BCUT2D eigenvalue weighted by Crippen LogP contribution is -2.01. The number of carbonyl (C=O) groups is 1. The van der Waals surface area contributed by atoms with Crippen molar-refractivity contribution in [2.75, 3.05) is 7.11 Å². The third-order valence-corrected chi connectivity index (χ3v) is 2.85. The zero-order chi connectivity index (χ0) is 10.7. The first-order chi connectivity index (χ1) is 7.31. The van der Waals surface area contributed by atoms with Crippen LogP contribution in [-0.2, 0) is 4.74 Å². The van der Waals surface area contributed by atoms with Gasteiger partial charge >= 0.3 is 5.97 Å². The Kier molecular flexibility index (Phi) is 2.78. The molecule has 3 nitrogen and oxygen atoms in total. The third kappa shape index (κ3) is 2.05. The molecule has 2 rings (SSSR count). The highest BCUT2D eigenvalue weighted by molar-refractivity contribution is 7.13. The number of methoxy groups -OCH3 is 1. The first-order valence-electron chi connectivity index (χ1n) is 4.39. The Hall–Kier alpha value is -1.68. The topological polar surface area (TPSA) is 39.2 Å². The molecular formula is C11H9NO2S. The molecule has 15 heavy (non-hydrogen) atoms. The van der Waals surface area contributed by atoms with Crippen molar-refractivity contribution in [1.29, 1.82) is 0 Å². The van der Waals surface area contributed by atoms with E-state index in [9.17, 15) is 4.79 Å². The molecule has 2 aromatic rings. The number of esters is 1. The molecule has 0 amide bonds. The van der Waals surface area contributed by atoms with E-state index in [2.05, 4.69) is 9.72 Å². The van der Waals surface area contributed by atoms with E-state index in [-0.39, 0.29) is 5.97 Å². The van der Waals surface area contributed by atoms with Gasteiger partial charge in [-0.25, -0.2) is 4.79 Å². The van der Waals surface area contributed by atoms with Crippen molar-refractivity contribution >= 4 is 17.3 Å². The summed E-state index contributed by atoms with van der Waals surface area (Å²) in [5.74, 6) is -0.338. The average Bonchev–Trinajstić information content (AvgIpc) is 2.82. The minimum Gasteiger partial charge on any atom is -0.465 e. The molecule has 0 spiro atoms. The van der Waals surface area contributed by atoms with Gasteiger partial charge in [-0.2, -0.15) is 0 Å². The van der Waals surface area contributed by atoms with Crippen LogP contribution in [0, 0.1) is 0 Å². The van der Waals surface area contributed by atoms with Gasteiger partial charge in [-0.15, -0.1) is 11.3 Å². The third-order valence-electron chi connectivity index (χ3n) is 1.95. The molecular weight excluding hydrogens is 210 g/mol. The quantitative estimate of drug-likeness (QED) is 0.729. The fourth-order valence-electron chi connectivity index (χ4n) is 1.23. The predicted molar refractivity (Wildman–Crippen MR) is 58.9 cm³/mol. The van der Waals surface area contributed by atoms with Crippen molar-refractivity contribution in [1.82, 2.24) is 4.98 Å². The van der Waals surface area contributed by atoms with Gasteiger partial charge < -0.3 is 4.74 Å². The average molecular weight is 219 g/mol. The molecule has 2 heterocycles. The van der Waals surface area contributed by atoms with Crippen LogP contribution in [0.25, 0.3) is 10.6 Å². The number of thiophene rings is 1.